The summed E-state index contributed by atoms with van der Waals surface area (Å²) in [6, 6.07) is 6.39. The summed E-state index contributed by atoms with van der Waals surface area (Å²) < 4.78 is 39.0. The van der Waals surface area contributed by atoms with Crippen molar-refractivity contribution in [1.82, 2.24) is 9.21 Å². The van der Waals surface area contributed by atoms with Crippen molar-refractivity contribution in [2.45, 2.75) is 29.8 Å². The lowest BCUT2D eigenvalue weighted by atomic mass is 9.90. The third-order valence-corrected chi connectivity index (χ3v) is 8.11. The number of allylic oxidation sites excluding steroid dienone is 2. The lowest BCUT2D eigenvalue weighted by Crippen LogP contribution is -2.57. The van der Waals surface area contributed by atoms with E-state index in [1.54, 1.807) is 23.1 Å². The summed E-state index contributed by atoms with van der Waals surface area (Å²) in [5.74, 6) is 0.608. The molecule has 0 radical (unpaired) electrons. The van der Waals surface area contributed by atoms with Crippen molar-refractivity contribution in [2.24, 2.45) is 5.92 Å². The van der Waals surface area contributed by atoms with E-state index < -0.39 is 10.0 Å². The summed E-state index contributed by atoms with van der Waals surface area (Å²) in [5, 5.41) is 0. The largest absolute Gasteiger partial charge is 0.497 e. The van der Waals surface area contributed by atoms with Gasteiger partial charge < -0.3 is 9.47 Å². The number of amides is 1. The smallest absolute Gasteiger partial charge is 0.410 e. The number of carbonyl (C=O) groups excluding carboxylic acids is 1. The number of sulfonamides is 1. The fourth-order valence-electron chi connectivity index (χ4n) is 4.17. The maximum absolute atomic E-state index is 13.0. The molecule has 3 aliphatic rings. The number of fused-ring (bicyclic) bond motifs is 1. The predicted molar refractivity (Wildman–Crippen MR) is 111 cm³/mol. The number of hydrogen-bond acceptors (Lipinski definition) is 5. The molecule has 1 amide bonds. The molecule has 2 unspecified atom stereocenters. The Balaban J connectivity index is 1.47. The van der Waals surface area contributed by atoms with E-state index in [1.165, 1.54) is 17.5 Å². The molecule has 0 bridgehead atoms. The number of benzene rings is 1. The van der Waals surface area contributed by atoms with Gasteiger partial charge in [-0.15, -0.1) is 0 Å². The van der Waals surface area contributed by atoms with Gasteiger partial charge in [-0.05, 0) is 25.0 Å². The number of piperidine rings is 1. The topological polar surface area (TPSA) is 76.2 Å². The molecule has 0 N–H and O–H groups in total. The van der Waals surface area contributed by atoms with Crippen molar-refractivity contribution < 1.29 is 22.7 Å². The Hall–Kier alpha value is -1.84. The second-order valence-corrected chi connectivity index (χ2v) is 10.2. The van der Waals surface area contributed by atoms with Gasteiger partial charge in [-0.3, -0.25) is 4.90 Å². The van der Waals surface area contributed by atoms with E-state index in [9.17, 15) is 13.2 Å². The SMILES string of the molecule is COc1cccc(S(=O)(=O)N2CCC(N3C(=O)OCC4C=C(Br)C=CC43)CC2)c1. The molecule has 2 heterocycles. The number of ether oxygens (including phenoxy) is 2. The number of nitrogens with zero attached hydrogens (tertiary/aromatic N) is 2. The van der Waals surface area contributed by atoms with Gasteiger partial charge in [0.2, 0.25) is 10.0 Å². The highest BCUT2D eigenvalue weighted by atomic mass is 79.9. The van der Waals surface area contributed by atoms with E-state index >= 15 is 0 Å². The second kappa shape index (κ2) is 8.12. The number of methoxy groups -OCH3 is 1. The molecule has 2 saturated heterocycles. The van der Waals surface area contributed by atoms with Crippen LogP contribution in [0.3, 0.4) is 0 Å². The molecule has 2 fully saturated rings. The highest BCUT2D eigenvalue weighted by molar-refractivity contribution is 9.11. The standard InChI is InChI=1S/C20H23BrN2O5S/c1-27-17-3-2-4-18(12-17)29(25,26)22-9-7-16(8-10-22)23-19-6-5-15(21)11-14(19)13-28-20(23)24/h2-6,11-12,14,16,19H,7-10,13H2,1H3. The van der Waals surface area contributed by atoms with E-state index in [1.807, 2.05) is 12.2 Å². The Morgan fingerprint density at radius 2 is 2.00 bits per heavy atom. The minimum atomic E-state index is -3.60. The Labute approximate surface area is 179 Å². The Morgan fingerprint density at radius 1 is 1.24 bits per heavy atom. The van der Waals surface area contributed by atoms with Crippen molar-refractivity contribution in [1.29, 1.82) is 0 Å². The van der Waals surface area contributed by atoms with Gasteiger partial charge in [-0.1, -0.05) is 40.2 Å². The van der Waals surface area contributed by atoms with Crippen LogP contribution >= 0.6 is 15.9 Å². The second-order valence-electron chi connectivity index (χ2n) is 7.36. The zero-order valence-electron chi connectivity index (χ0n) is 16.0. The Morgan fingerprint density at radius 3 is 2.72 bits per heavy atom. The van der Waals surface area contributed by atoms with Crippen molar-refractivity contribution in [3.8, 4) is 5.75 Å². The van der Waals surface area contributed by atoms with Crippen molar-refractivity contribution in [3.63, 3.8) is 0 Å². The first-order valence-corrected chi connectivity index (χ1v) is 11.8. The summed E-state index contributed by atoms with van der Waals surface area (Å²) in [5.41, 5.74) is 0. The fraction of sp³-hybridized carbons (Fsp3) is 0.450. The van der Waals surface area contributed by atoms with Crippen LogP contribution in [-0.4, -0.2) is 62.6 Å². The minimum absolute atomic E-state index is 0.0518. The highest BCUT2D eigenvalue weighted by Gasteiger charge is 2.42. The zero-order valence-corrected chi connectivity index (χ0v) is 18.4. The van der Waals surface area contributed by atoms with Gasteiger partial charge in [0.05, 0.1) is 18.0 Å². The summed E-state index contributed by atoms with van der Waals surface area (Å²) in [6.45, 7) is 1.08. The predicted octanol–water partition coefficient (Wildman–Crippen LogP) is 3.13. The van der Waals surface area contributed by atoms with Crippen LogP contribution in [0.15, 0.2) is 51.9 Å². The Bertz CT molecular complexity index is 953. The van der Waals surface area contributed by atoms with Gasteiger partial charge in [-0.2, -0.15) is 4.31 Å². The molecular formula is C20H23BrN2O5S. The van der Waals surface area contributed by atoms with Gasteiger partial charge in [0.25, 0.3) is 0 Å². The summed E-state index contributed by atoms with van der Waals surface area (Å²) in [4.78, 5) is 14.5. The average Bonchev–Trinajstić information content (AvgIpc) is 2.74. The quantitative estimate of drug-likeness (QED) is 0.658. The zero-order chi connectivity index (χ0) is 20.6. The maximum atomic E-state index is 13.0. The van der Waals surface area contributed by atoms with E-state index in [4.69, 9.17) is 9.47 Å². The first-order chi connectivity index (χ1) is 13.9. The van der Waals surface area contributed by atoms with Crippen molar-refractivity contribution in [3.05, 3.63) is 47.0 Å². The van der Waals surface area contributed by atoms with Crippen LogP contribution in [0.5, 0.6) is 5.75 Å². The van der Waals surface area contributed by atoms with Gasteiger partial charge in [0, 0.05) is 35.6 Å². The molecule has 9 heteroatoms. The highest BCUT2D eigenvalue weighted by Crippen LogP contribution is 2.33. The average molecular weight is 483 g/mol. The van der Waals surface area contributed by atoms with Crippen LogP contribution in [0.25, 0.3) is 0 Å². The van der Waals surface area contributed by atoms with E-state index in [0.29, 0.717) is 38.3 Å². The van der Waals surface area contributed by atoms with Gasteiger partial charge in [-0.25, -0.2) is 13.2 Å². The Kier molecular flexibility index (Phi) is 5.72. The first-order valence-electron chi connectivity index (χ1n) is 9.55. The number of cyclic esters (lactones) is 1. The monoisotopic (exact) mass is 482 g/mol. The molecule has 1 aromatic rings. The first kappa shape index (κ1) is 20.4. The van der Waals surface area contributed by atoms with E-state index in [-0.39, 0.29) is 29.0 Å². The molecule has 1 aromatic carbocycles. The number of rotatable bonds is 4. The normalized spacial score (nSPS) is 25.9. The molecule has 4 rings (SSSR count). The molecule has 1 aliphatic carbocycles. The van der Waals surface area contributed by atoms with Crippen LogP contribution in [0.2, 0.25) is 0 Å². The van der Waals surface area contributed by atoms with Gasteiger partial charge in [0.1, 0.15) is 12.4 Å². The molecule has 0 saturated carbocycles. The maximum Gasteiger partial charge on any atom is 0.410 e. The molecule has 0 spiro atoms. The number of carbonyl (C=O) groups is 1. The molecule has 0 aromatic heterocycles. The molecule has 7 nitrogen and oxygen atoms in total. The third-order valence-electron chi connectivity index (χ3n) is 5.69. The van der Waals surface area contributed by atoms with Gasteiger partial charge >= 0.3 is 6.09 Å². The van der Waals surface area contributed by atoms with E-state index in [2.05, 4.69) is 22.0 Å². The molecular weight excluding hydrogens is 460 g/mol. The molecule has 2 atom stereocenters. The molecule has 29 heavy (non-hydrogen) atoms. The third kappa shape index (κ3) is 3.95. The summed E-state index contributed by atoms with van der Waals surface area (Å²) in [7, 11) is -2.09. The van der Waals surface area contributed by atoms with Crippen LogP contribution in [0.4, 0.5) is 4.79 Å². The van der Waals surface area contributed by atoms with Crippen LogP contribution in [-0.2, 0) is 14.8 Å². The van der Waals surface area contributed by atoms with Crippen molar-refractivity contribution in [2.75, 3.05) is 26.8 Å². The summed E-state index contributed by atoms with van der Waals surface area (Å²) in [6.07, 6.45) is 6.85. The van der Waals surface area contributed by atoms with E-state index in [0.717, 1.165) is 4.48 Å². The molecule has 156 valence electrons. The minimum Gasteiger partial charge on any atom is -0.497 e. The van der Waals surface area contributed by atoms with Crippen LogP contribution < -0.4 is 4.74 Å². The van der Waals surface area contributed by atoms with Gasteiger partial charge in [0.15, 0.2) is 0 Å². The molecule has 2 aliphatic heterocycles. The fourth-order valence-corrected chi connectivity index (χ4v) is 6.16. The lowest BCUT2D eigenvalue weighted by Gasteiger charge is -2.45. The summed E-state index contributed by atoms with van der Waals surface area (Å²) >= 11 is 3.48. The number of hydrogen-bond donors (Lipinski definition) is 0. The van der Waals surface area contributed by atoms with Crippen LogP contribution in [0, 0.1) is 5.92 Å². The number of halogens is 1. The lowest BCUT2D eigenvalue weighted by molar-refractivity contribution is 0.00613. The van der Waals surface area contributed by atoms with Crippen LogP contribution in [0.1, 0.15) is 12.8 Å². The van der Waals surface area contributed by atoms with Crippen molar-refractivity contribution >= 4 is 32.0 Å².